The number of hydrogen-bond acceptors (Lipinski definition) is 10. The van der Waals surface area contributed by atoms with Crippen molar-refractivity contribution in [1.82, 2.24) is 19.5 Å². The molecule has 3 heterocycles. The molecule has 0 spiro atoms. The minimum Gasteiger partial charge on any atom is -0.471 e. The van der Waals surface area contributed by atoms with Crippen molar-refractivity contribution in [1.29, 1.82) is 5.26 Å². The van der Waals surface area contributed by atoms with Crippen LogP contribution < -0.4 is 10.1 Å². The lowest BCUT2D eigenvalue weighted by Crippen LogP contribution is -2.31. The first-order chi connectivity index (χ1) is 15.5. The van der Waals surface area contributed by atoms with E-state index in [-0.39, 0.29) is 19.1 Å². The zero-order chi connectivity index (χ0) is 22.7. The third-order valence-electron chi connectivity index (χ3n) is 5.25. The van der Waals surface area contributed by atoms with E-state index >= 15 is 0 Å². The number of hydrogen-bond donors (Lipinski definition) is 4. The fourth-order valence-electron chi connectivity index (χ4n) is 3.51. The van der Waals surface area contributed by atoms with E-state index in [1.807, 2.05) is 0 Å². The van der Waals surface area contributed by atoms with Crippen LogP contribution in [0.1, 0.15) is 30.7 Å². The Bertz CT molecular complexity index is 1110. The molecule has 0 radical (unpaired) electrons. The number of nitrogens with one attached hydrogen (secondary N) is 1. The molecule has 3 aromatic rings. The first-order valence-electron chi connectivity index (χ1n) is 10.2. The molecule has 1 aromatic carbocycles. The number of rotatable bonds is 8. The van der Waals surface area contributed by atoms with Crippen molar-refractivity contribution in [3.05, 3.63) is 41.7 Å². The van der Waals surface area contributed by atoms with E-state index in [0.717, 1.165) is 5.56 Å². The number of nitriles is 1. The van der Waals surface area contributed by atoms with Gasteiger partial charge in [-0.25, -0.2) is 9.97 Å². The van der Waals surface area contributed by atoms with Crippen molar-refractivity contribution in [2.75, 3.05) is 18.5 Å². The van der Waals surface area contributed by atoms with Crippen LogP contribution in [0.25, 0.3) is 11.2 Å². The summed E-state index contributed by atoms with van der Waals surface area (Å²) >= 11 is 0. The van der Waals surface area contributed by atoms with Gasteiger partial charge in [-0.1, -0.05) is 12.1 Å². The maximum Gasteiger partial charge on any atom is 0.245 e. The highest BCUT2D eigenvalue weighted by Gasteiger charge is 2.43. The first-order valence-corrected chi connectivity index (χ1v) is 10.2. The summed E-state index contributed by atoms with van der Waals surface area (Å²) in [6, 6.07) is 9.07. The van der Waals surface area contributed by atoms with Gasteiger partial charge in [0.25, 0.3) is 0 Å². The molecule has 32 heavy (non-hydrogen) atoms. The van der Waals surface area contributed by atoms with Crippen LogP contribution in [-0.4, -0.2) is 66.3 Å². The standard InChI is InChI=1S/C21H24N6O5/c1-12-16(29)17(30)20(32-12)27-18-15(26-21(27)23-7-2-8-28)19(25-11-24-18)31-10-14-5-3-13(9-22)4-6-14/h3-6,11-12,16-17,20,28-30H,2,7-8,10H2,1H3,(H,23,26)/t12-,16-,17-,20-/m1/s1. The number of nitrogens with zero attached hydrogens (tertiary/aromatic N) is 5. The number of aliphatic hydroxyl groups excluding tert-OH is 3. The maximum atomic E-state index is 10.5. The molecule has 11 nitrogen and oxygen atoms in total. The average Bonchev–Trinajstić information content (AvgIpc) is 3.30. The van der Waals surface area contributed by atoms with E-state index in [1.165, 1.54) is 6.33 Å². The third-order valence-corrected chi connectivity index (χ3v) is 5.25. The zero-order valence-electron chi connectivity index (χ0n) is 17.4. The summed E-state index contributed by atoms with van der Waals surface area (Å²) in [4.78, 5) is 13.1. The largest absolute Gasteiger partial charge is 0.471 e. The van der Waals surface area contributed by atoms with Crippen LogP contribution >= 0.6 is 0 Å². The molecule has 0 bridgehead atoms. The van der Waals surface area contributed by atoms with Crippen LogP contribution in [0.4, 0.5) is 5.95 Å². The Kier molecular flexibility index (Phi) is 6.48. The molecule has 0 saturated carbocycles. The summed E-state index contributed by atoms with van der Waals surface area (Å²) in [5.41, 5.74) is 2.13. The Hall–Kier alpha value is -3.30. The van der Waals surface area contributed by atoms with Crippen LogP contribution in [0.3, 0.4) is 0 Å². The Morgan fingerprint density at radius 2 is 2.00 bits per heavy atom. The average molecular weight is 440 g/mol. The summed E-state index contributed by atoms with van der Waals surface area (Å²) in [5, 5.41) is 41.9. The summed E-state index contributed by atoms with van der Waals surface area (Å²) < 4.78 is 13.2. The molecule has 4 N–H and O–H groups in total. The number of fused-ring (bicyclic) bond motifs is 1. The van der Waals surface area contributed by atoms with Gasteiger partial charge in [0.05, 0.1) is 17.7 Å². The lowest BCUT2D eigenvalue weighted by molar-refractivity contribution is -0.0287. The molecule has 0 amide bonds. The molecule has 11 heteroatoms. The van der Waals surface area contributed by atoms with Gasteiger partial charge < -0.3 is 30.1 Å². The second-order valence-corrected chi connectivity index (χ2v) is 7.47. The third kappa shape index (κ3) is 4.21. The van der Waals surface area contributed by atoms with Gasteiger partial charge in [0.15, 0.2) is 17.4 Å². The first kappa shape index (κ1) is 21.9. The Morgan fingerprint density at radius 1 is 1.22 bits per heavy atom. The van der Waals surface area contributed by atoms with Gasteiger partial charge in [-0.2, -0.15) is 10.2 Å². The van der Waals surface area contributed by atoms with Gasteiger partial charge in [-0.05, 0) is 31.0 Å². The van der Waals surface area contributed by atoms with Gasteiger partial charge in [0.1, 0.15) is 25.1 Å². The summed E-state index contributed by atoms with van der Waals surface area (Å²) in [6.07, 6.45) is -1.91. The Morgan fingerprint density at radius 3 is 2.66 bits per heavy atom. The minimum absolute atomic E-state index is 0.00425. The van der Waals surface area contributed by atoms with E-state index in [1.54, 1.807) is 35.8 Å². The van der Waals surface area contributed by atoms with E-state index in [2.05, 4.69) is 26.3 Å². The van der Waals surface area contributed by atoms with Gasteiger partial charge in [0.2, 0.25) is 11.8 Å². The topological polar surface area (TPSA) is 159 Å². The SMILES string of the molecule is C[C@H]1O[C@@H](n2c(NCCCO)nc3c(OCc4ccc(C#N)cc4)ncnc32)[C@H](O)[C@@H]1O. The fraction of sp³-hybridized carbons (Fsp3) is 0.429. The van der Waals surface area contributed by atoms with E-state index in [4.69, 9.17) is 19.8 Å². The highest BCUT2D eigenvalue weighted by atomic mass is 16.6. The molecule has 0 unspecified atom stereocenters. The number of aromatic nitrogens is 4. The Labute approximate surface area is 183 Å². The molecule has 4 rings (SSSR count). The lowest BCUT2D eigenvalue weighted by Gasteiger charge is -2.19. The Balaban J connectivity index is 1.67. The molecule has 1 aliphatic rings. The molecule has 1 fully saturated rings. The molecular weight excluding hydrogens is 416 g/mol. The summed E-state index contributed by atoms with van der Waals surface area (Å²) in [5.74, 6) is 0.590. The second-order valence-electron chi connectivity index (χ2n) is 7.47. The minimum atomic E-state index is -1.18. The molecular formula is C21H24N6O5. The lowest BCUT2D eigenvalue weighted by atomic mass is 10.1. The van der Waals surface area contributed by atoms with Gasteiger partial charge in [0, 0.05) is 13.2 Å². The second kappa shape index (κ2) is 9.46. The normalized spacial score (nSPS) is 22.7. The van der Waals surface area contributed by atoms with Gasteiger partial charge >= 0.3 is 0 Å². The van der Waals surface area contributed by atoms with Crippen LogP contribution in [0.5, 0.6) is 5.88 Å². The number of anilines is 1. The van der Waals surface area contributed by atoms with Crippen LogP contribution in [0.15, 0.2) is 30.6 Å². The van der Waals surface area contributed by atoms with Gasteiger partial charge in [-0.3, -0.25) is 4.57 Å². The number of ether oxygens (including phenoxy) is 2. The van der Waals surface area contributed by atoms with Gasteiger partial charge in [-0.15, -0.1) is 0 Å². The smallest absolute Gasteiger partial charge is 0.245 e. The highest BCUT2D eigenvalue weighted by Crippen LogP contribution is 2.35. The van der Waals surface area contributed by atoms with E-state index < -0.39 is 24.5 Å². The van der Waals surface area contributed by atoms with Crippen molar-refractivity contribution in [2.24, 2.45) is 0 Å². The quantitative estimate of drug-likeness (QED) is 0.368. The monoisotopic (exact) mass is 440 g/mol. The predicted molar refractivity (Wildman–Crippen MR) is 113 cm³/mol. The number of aliphatic hydroxyl groups is 3. The van der Waals surface area contributed by atoms with E-state index in [0.29, 0.717) is 35.6 Å². The van der Waals surface area contributed by atoms with Crippen molar-refractivity contribution in [3.63, 3.8) is 0 Å². The summed E-state index contributed by atoms with van der Waals surface area (Å²) in [6.45, 7) is 2.31. The van der Waals surface area contributed by atoms with Crippen molar-refractivity contribution < 1.29 is 24.8 Å². The summed E-state index contributed by atoms with van der Waals surface area (Å²) in [7, 11) is 0. The van der Waals surface area contributed by atoms with Crippen LogP contribution in [0, 0.1) is 11.3 Å². The molecule has 1 aliphatic heterocycles. The van der Waals surface area contributed by atoms with Crippen molar-refractivity contribution in [3.8, 4) is 11.9 Å². The maximum absolute atomic E-state index is 10.5. The van der Waals surface area contributed by atoms with Crippen molar-refractivity contribution >= 4 is 17.1 Å². The molecule has 4 atom stereocenters. The van der Waals surface area contributed by atoms with E-state index in [9.17, 15) is 10.2 Å². The molecule has 1 saturated heterocycles. The molecule has 2 aromatic heterocycles. The number of benzene rings is 1. The zero-order valence-corrected chi connectivity index (χ0v) is 17.4. The fourth-order valence-corrected chi connectivity index (χ4v) is 3.51. The van der Waals surface area contributed by atoms with Crippen molar-refractivity contribution in [2.45, 2.75) is 44.5 Å². The molecule has 0 aliphatic carbocycles. The molecule has 168 valence electrons. The number of imidazole rings is 1. The predicted octanol–water partition coefficient (Wildman–Crippen LogP) is 0.710. The highest BCUT2D eigenvalue weighted by molar-refractivity contribution is 5.79. The van der Waals surface area contributed by atoms with Crippen LogP contribution in [-0.2, 0) is 11.3 Å². The van der Waals surface area contributed by atoms with Crippen LogP contribution in [0.2, 0.25) is 0 Å².